The van der Waals surface area contributed by atoms with Gasteiger partial charge in [0, 0.05) is 47.5 Å². The third kappa shape index (κ3) is 3.54. The second-order valence-corrected chi connectivity index (χ2v) is 10.2. The number of unbranched alkanes of at least 4 members (excludes halogenated alkanes) is 2. The molecule has 4 rings (SSSR count). The molecule has 0 saturated heterocycles. The quantitative estimate of drug-likeness (QED) is 0.429. The SMILES string of the molecule is CCCCN1/C(=C\C2=[N+](CCCC)c3ccccc3C2(C)C)C(C)(C)c2ccccc21. The van der Waals surface area contributed by atoms with E-state index in [-0.39, 0.29) is 10.8 Å². The fourth-order valence-corrected chi connectivity index (χ4v) is 5.45. The van der Waals surface area contributed by atoms with Crippen LogP contribution in [0.25, 0.3) is 0 Å². The number of hydrogen-bond acceptors (Lipinski definition) is 1. The third-order valence-corrected chi connectivity index (χ3v) is 7.34. The molecule has 0 unspecified atom stereocenters. The van der Waals surface area contributed by atoms with Crippen LogP contribution in [0.3, 0.4) is 0 Å². The second-order valence-electron chi connectivity index (χ2n) is 10.2. The first-order valence-corrected chi connectivity index (χ1v) is 12.2. The van der Waals surface area contributed by atoms with Crippen LogP contribution in [0.1, 0.15) is 78.4 Å². The number of fused-ring (bicyclic) bond motifs is 2. The molecule has 31 heavy (non-hydrogen) atoms. The monoisotopic (exact) mass is 415 g/mol. The Morgan fingerprint density at radius 1 is 0.806 bits per heavy atom. The summed E-state index contributed by atoms with van der Waals surface area (Å²) in [5.74, 6) is 0. The van der Waals surface area contributed by atoms with Gasteiger partial charge < -0.3 is 4.90 Å². The molecule has 2 aromatic carbocycles. The largest absolute Gasteiger partial charge is 0.344 e. The maximum atomic E-state index is 2.60. The number of anilines is 1. The van der Waals surface area contributed by atoms with E-state index in [1.165, 1.54) is 59.6 Å². The number of rotatable bonds is 7. The van der Waals surface area contributed by atoms with Crippen molar-refractivity contribution in [1.29, 1.82) is 0 Å². The highest BCUT2D eigenvalue weighted by atomic mass is 15.2. The fourth-order valence-electron chi connectivity index (χ4n) is 5.45. The van der Waals surface area contributed by atoms with Crippen LogP contribution in [0.2, 0.25) is 0 Å². The van der Waals surface area contributed by atoms with E-state index in [4.69, 9.17) is 0 Å². The average Bonchev–Trinajstić information content (AvgIpc) is 3.11. The van der Waals surface area contributed by atoms with Gasteiger partial charge in [0.25, 0.3) is 0 Å². The number of allylic oxidation sites excluding steroid dienone is 2. The van der Waals surface area contributed by atoms with Gasteiger partial charge in [0.1, 0.15) is 6.54 Å². The Hall–Kier alpha value is -2.35. The van der Waals surface area contributed by atoms with Crippen molar-refractivity contribution < 1.29 is 4.58 Å². The van der Waals surface area contributed by atoms with E-state index in [1.807, 2.05) is 0 Å². The minimum Gasteiger partial charge on any atom is -0.344 e. The summed E-state index contributed by atoms with van der Waals surface area (Å²) >= 11 is 0. The van der Waals surface area contributed by atoms with Crippen molar-refractivity contribution >= 4 is 17.1 Å². The Labute approximate surface area is 189 Å². The molecule has 164 valence electrons. The summed E-state index contributed by atoms with van der Waals surface area (Å²) in [6.07, 6.45) is 7.39. The van der Waals surface area contributed by atoms with E-state index >= 15 is 0 Å². The Morgan fingerprint density at radius 2 is 1.45 bits per heavy atom. The van der Waals surface area contributed by atoms with Crippen LogP contribution in [-0.2, 0) is 10.8 Å². The highest BCUT2D eigenvalue weighted by molar-refractivity contribution is 6.04. The second kappa shape index (κ2) is 8.30. The highest BCUT2D eigenvalue weighted by Gasteiger charge is 2.47. The standard InChI is InChI=1S/C29H39N2/c1-7-9-19-30-24-17-13-11-15-22(24)28(3,4)26(30)21-27-29(5,6)23-16-12-14-18-25(23)31(27)20-10-8-2/h11-18,21H,7-10,19-20H2,1-6H3/q+1. The summed E-state index contributed by atoms with van der Waals surface area (Å²) in [4.78, 5) is 2.60. The van der Waals surface area contributed by atoms with E-state index in [0.717, 1.165) is 13.1 Å². The molecule has 2 heteroatoms. The lowest BCUT2D eigenvalue weighted by Crippen LogP contribution is -2.33. The smallest absolute Gasteiger partial charge is 0.209 e. The Morgan fingerprint density at radius 3 is 2.16 bits per heavy atom. The van der Waals surface area contributed by atoms with Gasteiger partial charge in [-0.25, -0.2) is 0 Å². The number of benzene rings is 2. The zero-order valence-corrected chi connectivity index (χ0v) is 20.3. The molecule has 0 amide bonds. The third-order valence-electron chi connectivity index (χ3n) is 7.34. The van der Waals surface area contributed by atoms with Crippen LogP contribution in [0.4, 0.5) is 11.4 Å². The predicted molar refractivity (Wildman–Crippen MR) is 134 cm³/mol. The lowest BCUT2D eigenvalue weighted by molar-refractivity contribution is -0.438. The molecule has 0 saturated carbocycles. The Kier molecular flexibility index (Phi) is 5.85. The summed E-state index contributed by atoms with van der Waals surface area (Å²) in [7, 11) is 0. The van der Waals surface area contributed by atoms with Crippen molar-refractivity contribution in [2.75, 3.05) is 18.0 Å². The zero-order valence-electron chi connectivity index (χ0n) is 20.3. The molecule has 0 N–H and O–H groups in total. The molecule has 2 nitrogen and oxygen atoms in total. The van der Waals surface area contributed by atoms with Crippen molar-refractivity contribution in [1.82, 2.24) is 0 Å². The summed E-state index contributed by atoms with van der Waals surface area (Å²) in [6.45, 7) is 16.3. The zero-order chi connectivity index (χ0) is 22.2. The first kappa shape index (κ1) is 21.9. The van der Waals surface area contributed by atoms with Gasteiger partial charge in [-0.1, -0.05) is 76.9 Å². The molecule has 2 aliphatic rings. The van der Waals surface area contributed by atoms with Crippen LogP contribution in [0.5, 0.6) is 0 Å². The highest BCUT2D eigenvalue weighted by Crippen LogP contribution is 2.49. The van der Waals surface area contributed by atoms with Crippen molar-refractivity contribution in [2.45, 2.75) is 78.1 Å². The van der Waals surface area contributed by atoms with Crippen LogP contribution < -0.4 is 4.90 Å². The lowest BCUT2D eigenvalue weighted by Gasteiger charge is -2.28. The minimum atomic E-state index is -0.00137. The van der Waals surface area contributed by atoms with E-state index in [0.29, 0.717) is 0 Å². The van der Waals surface area contributed by atoms with Crippen LogP contribution >= 0.6 is 0 Å². The van der Waals surface area contributed by atoms with Crippen molar-refractivity contribution in [3.8, 4) is 0 Å². The van der Waals surface area contributed by atoms with Crippen LogP contribution in [0, 0.1) is 0 Å². The fraction of sp³-hybridized carbons (Fsp3) is 0.483. The van der Waals surface area contributed by atoms with Crippen molar-refractivity contribution in [2.24, 2.45) is 0 Å². The van der Waals surface area contributed by atoms with Gasteiger partial charge in [-0.2, -0.15) is 4.58 Å². The van der Waals surface area contributed by atoms with Crippen LogP contribution in [0.15, 0.2) is 60.3 Å². The molecule has 2 aliphatic heterocycles. The van der Waals surface area contributed by atoms with Crippen molar-refractivity contribution in [3.63, 3.8) is 0 Å². The topological polar surface area (TPSA) is 6.25 Å². The Bertz CT molecular complexity index is 1020. The molecule has 0 fully saturated rings. The molecule has 0 aliphatic carbocycles. The maximum absolute atomic E-state index is 2.60. The van der Waals surface area contributed by atoms with Gasteiger partial charge in [-0.05, 0) is 31.9 Å². The molecule has 2 heterocycles. The lowest BCUT2D eigenvalue weighted by atomic mass is 9.78. The van der Waals surface area contributed by atoms with Gasteiger partial charge in [0.2, 0.25) is 5.69 Å². The van der Waals surface area contributed by atoms with E-state index in [1.54, 1.807) is 0 Å². The number of hydrogen-bond donors (Lipinski definition) is 0. The Balaban J connectivity index is 1.90. The van der Waals surface area contributed by atoms with E-state index in [9.17, 15) is 0 Å². The van der Waals surface area contributed by atoms with Gasteiger partial charge in [-0.3, -0.25) is 0 Å². The summed E-state index contributed by atoms with van der Waals surface area (Å²) in [6, 6.07) is 18.0. The molecule has 0 aromatic heterocycles. The van der Waals surface area contributed by atoms with Gasteiger partial charge in [-0.15, -0.1) is 0 Å². The first-order valence-electron chi connectivity index (χ1n) is 12.2. The first-order chi connectivity index (χ1) is 14.8. The average molecular weight is 416 g/mol. The maximum Gasteiger partial charge on any atom is 0.209 e. The van der Waals surface area contributed by atoms with Gasteiger partial charge in [0.15, 0.2) is 5.71 Å². The molecule has 0 spiro atoms. The minimum absolute atomic E-state index is 0.00137. The number of para-hydroxylation sites is 2. The van der Waals surface area contributed by atoms with Crippen molar-refractivity contribution in [3.05, 3.63) is 71.4 Å². The summed E-state index contributed by atoms with van der Waals surface area (Å²) in [5, 5.41) is 0. The summed E-state index contributed by atoms with van der Waals surface area (Å²) in [5.41, 5.74) is 8.57. The molecule has 0 radical (unpaired) electrons. The molecule has 0 bridgehead atoms. The van der Waals surface area contributed by atoms with E-state index in [2.05, 4.69) is 106 Å². The molecule has 0 atom stereocenters. The number of nitrogens with zero attached hydrogens (tertiary/aromatic N) is 2. The molecular weight excluding hydrogens is 376 g/mol. The molecular formula is C29H39N2+. The summed E-state index contributed by atoms with van der Waals surface area (Å²) < 4.78 is 2.60. The van der Waals surface area contributed by atoms with Gasteiger partial charge >= 0.3 is 0 Å². The normalized spacial score (nSPS) is 19.8. The van der Waals surface area contributed by atoms with Crippen LogP contribution in [-0.4, -0.2) is 23.4 Å². The predicted octanol–water partition coefficient (Wildman–Crippen LogP) is 7.34. The molecule has 2 aromatic rings. The van der Waals surface area contributed by atoms with E-state index < -0.39 is 0 Å². The van der Waals surface area contributed by atoms with Gasteiger partial charge in [0.05, 0.1) is 5.41 Å².